The van der Waals surface area contributed by atoms with Gasteiger partial charge in [-0.25, -0.2) is 0 Å². The fraction of sp³-hybridized carbons (Fsp3) is 0.300. The second-order valence-corrected chi connectivity index (χ2v) is 3.77. The van der Waals surface area contributed by atoms with Crippen molar-refractivity contribution < 1.29 is 9.90 Å². The summed E-state index contributed by atoms with van der Waals surface area (Å²) in [6.45, 7) is 0. The number of carbonyl (C=O) groups excluding carboxylic acids is 1. The summed E-state index contributed by atoms with van der Waals surface area (Å²) in [6, 6.07) is 5.06. The lowest BCUT2D eigenvalue weighted by Gasteiger charge is -2.04. The van der Waals surface area contributed by atoms with E-state index in [1.54, 1.807) is 18.2 Å². The maximum atomic E-state index is 11.1. The molecule has 1 aromatic rings. The second kappa shape index (κ2) is 5.37. The molecule has 0 amide bonds. The number of phenolic OH excluding ortho intramolecular Hbond substituents is 1. The first-order chi connectivity index (χ1) is 6.67. The average Bonchev–Trinajstić information content (AvgIpc) is 2.21. The van der Waals surface area contributed by atoms with Gasteiger partial charge in [-0.1, -0.05) is 28.1 Å². The van der Waals surface area contributed by atoms with Crippen LogP contribution in [0.3, 0.4) is 0 Å². The van der Waals surface area contributed by atoms with Gasteiger partial charge in [0, 0.05) is 17.9 Å². The van der Waals surface area contributed by atoms with E-state index in [4.69, 9.17) is 11.6 Å². The van der Waals surface area contributed by atoms with E-state index in [0.717, 1.165) is 5.56 Å². The van der Waals surface area contributed by atoms with E-state index in [1.165, 1.54) is 0 Å². The van der Waals surface area contributed by atoms with E-state index in [1.807, 2.05) is 0 Å². The van der Waals surface area contributed by atoms with Crippen molar-refractivity contribution in [1.82, 2.24) is 0 Å². The van der Waals surface area contributed by atoms with Gasteiger partial charge in [0.05, 0.1) is 5.33 Å². The minimum absolute atomic E-state index is 0.0343. The Morgan fingerprint density at radius 1 is 1.50 bits per heavy atom. The Labute approximate surface area is 96.0 Å². The molecule has 0 saturated carbocycles. The SMILES string of the molecule is O=C(CBr)Cc1cc(CCl)ccc1O. The third-order valence-electron chi connectivity index (χ3n) is 1.83. The van der Waals surface area contributed by atoms with Crippen LogP contribution in [-0.2, 0) is 17.1 Å². The molecular formula is C10H10BrClO2. The predicted octanol–water partition coefficient (Wildman–Crippen LogP) is 2.64. The van der Waals surface area contributed by atoms with Crippen LogP contribution in [0.2, 0.25) is 0 Å². The molecule has 0 aliphatic carbocycles. The number of alkyl halides is 2. The number of halogens is 2. The summed E-state index contributed by atoms with van der Waals surface area (Å²) in [4.78, 5) is 11.1. The Balaban J connectivity index is 2.89. The number of hydrogen-bond acceptors (Lipinski definition) is 2. The standard InChI is InChI=1S/C10H10BrClO2/c11-5-9(13)4-8-3-7(6-12)1-2-10(8)14/h1-3,14H,4-6H2. The molecule has 0 bridgehead atoms. The summed E-state index contributed by atoms with van der Waals surface area (Å²) >= 11 is 8.72. The van der Waals surface area contributed by atoms with Gasteiger partial charge < -0.3 is 5.11 Å². The fourth-order valence-electron chi connectivity index (χ4n) is 1.12. The van der Waals surface area contributed by atoms with Crippen molar-refractivity contribution in [3.8, 4) is 5.75 Å². The summed E-state index contributed by atoms with van der Waals surface area (Å²) < 4.78 is 0. The fourth-order valence-corrected chi connectivity index (χ4v) is 1.49. The Morgan fingerprint density at radius 2 is 2.21 bits per heavy atom. The van der Waals surface area contributed by atoms with Crippen LogP contribution in [0.15, 0.2) is 18.2 Å². The molecule has 0 aliphatic heterocycles. The molecule has 0 aliphatic rings. The van der Waals surface area contributed by atoms with E-state index in [-0.39, 0.29) is 18.0 Å². The molecule has 0 spiro atoms. The van der Waals surface area contributed by atoms with Crippen LogP contribution in [0, 0.1) is 0 Å². The van der Waals surface area contributed by atoms with E-state index in [2.05, 4.69) is 15.9 Å². The highest BCUT2D eigenvalue weighted by Gasteiger charge is 2.07. The van der Waals surface area contributed by atoms with Gasteiger partial charge in [0.2, 0.25) is 0 Å². The van der Waals surface area contributed by atoms with Crippen molar-refractivity contribution in [2.75, 3.05) is 5.33 Å². The van der Waals surface area contributed by atoms with Gasteiger partial charge in [0.15, 0.2) is 0 Å². The molecule has 1 N–H and O–H groups in total. The average molecular weight is 278 g/mol. The molecule has 0 saturated heterocycles. The molecule has 0 atom stereocenters. The van der Waals surface area contributed by atoms with Crippen LogP contribution in [0.5, 0.6) is 5.75 Å². The number of ketones is 1. The molecule has 2 nitrogen and oxygen atoms in total. The summed E-state index contributed by atoms with van der Waals surface area (Å²) in [5.74, 6) is 0.565. The van der Waals surface area contributed by atoms with Crippen molar-refractivity contribution in [2.45, 2.75) is 12.3 Å². The molecular weight excluding hydrogens is 267 g/mol. The quantitative estimate of drug-likeness (QED) is 0.859. The zero-order valence-electron chi connectivity index (χ0n) is 7.46. The molecule has 14 heavy (non-hydrogen) atoms. The van der Waals surface area contributed by atoms with Gasteiger partial charge in [-0.05, 0) is 11.6 Å². The highest BCUT2D eigenvalue weighted by molar-refractivity contribution is 9.09. The topological polar surface area (TPSA) is 37.3 Å². The number of aromatic hydroxyl groups is 1. The van der Waals surface area contributed by atoms with Gasteiger partial charge in [0.1, 0.15) is 11.5 Å². The molecule has 1 aromatic carbocycles. The molecule has 0 unspecified atom stereocenters. The predicted molar refractivity (Wildman–Crippen MR) is 60.2 cm³/mol. The van der Waals surface area contributed by atoms with Crippen LogP contribution < -0.4 is 0 Å². The Hall–Kier alpha value is -0.540. The van der Waals surface area contributed by atoms with Gasteiger partial charge in [0.25, 0.3) is 0 Å². The summed E-state index contributed by atoms with van der Waals surface area (Å²) in [5, 5.41) is 9.77. The Morgan fingerprint density at radius 3 is 2.79 bits per heavy atom. The van der Waals surface area contributed by atoms with E-state index >= 15 is 0 Å². The monoisotopic (exact) mass is 276 g/mol. The molecule has 1 rings (SSSR count). The van der Waals surface area contributed by atoms with Crippen LogP contribution in [-0.4, -0.2) is 16.2 Å². The number of benzene rings is 1. The van der Waals surface area contributed by atoms with E-state index in [0.29, 0.717) is 16.8 Å². The number of Topliss-reactive ketones (excluding diaryl/α,β-unsaturated/α-hetero) is 1. The summed E-state index contributed by atoms with van der Waals surface area (Å²) in [7, 11) is 0. The molecule has 4 heteroatoms. The number of rotatable bonds is 4. The first-order valence-electron chi connectivity index (χ1n) is 4.11. The second-order valence-electron chi connectivity index (χ2n) is 2.95. The van der Waals surface area contributed by atoms with Crippen LogP contribution in [0.4, 0.5) is 0 Å². The summed E-state index contributed by atoms with van der Waals surface area (Å²) in [6.07, 6.45) is 0.238. The van der Waals surface area contributed by atoms with Crippen molar-refractivity contribution in [3.63, 3.8) is 0 Å². The third-order valence-corrected chi connectivity index (χ3v) is 2.77. The minimum Gasteiger partial charge on any atom is -0.508 e. The first kappa shape index (κ1) is 11.5. The third kappa shape index (κ3) is 3.00. The first-order valence-corrected chi connectivity index (χ1v) is 5.77. The largest absolute Gasteiger partial charge is 0.508 e. The maximum absolute atomic E-state index is 11.1. The lowest BCUT2D eigenvalue weighted by Crippen LogP contribution is -2.03. The lowest BCUT2D eigenvalue weighted by atomic mass is 10.1. The van der Waals surface area contributed by atoms with Crippen molar-refractivity contribution in [2.24, 2.45) is 0 Å². The zero-order valence-corrected chi connectivity index (χ0v) is 9.81. The Bertz CT molecular complexity index is 339. The van der Waals surface area contributed by atoms with Gasteiger partial charge in [-0.3, -0.25) is 4.79 Å². The number of carbonyl (C=O) groups is 1. The highest BCUT2D eigenvalue weighted by Crippen LogP contribution is 2.20. The molecule has 76 valence electrons. The minimum atomic E-state index is 0.0343. The number of hydrogen-bond donors (Lipinski definition) is 1. The summed E-state index contributed by atoms with van der Waals surface area (Å²) in [5.41, 5.74) is 1.54. The van der Waals surface area contributed by atoms with Crippen LogP contribution in [0.1, 0.15) is 11.1 Å². The van der Waals surface area contributed by atoms with Gasteiger partial charge in [-0.15, -0.1) is 11.6 Å². The van der Waals surface area contributed by atoms with E-state index in [9.17, 15) is 9.90 Å². The van der Waals surface area contributed by atoms with Crippen molar-refractivity contribution in [3.05, 3.63) is 29.3 Å². The maximum Gasteiger partial charge on any atom is 0.147 e. The Kier molecular flexibility index (Phi) is 4.42. The molecule has 0 aromatic heterocycles. The van der Waals surface area contributed by atoms with Crippen LogP contribution in [0.25, 0.3) is 0 Å². The van der Waals surface area contributed by atoms with Crippen molar-refractivity contribution >= 4 is 33.3 Å². The van der Waals surface area contributed by atoms with Gasteiger partial charge >= 0.3 is 0 Å². The highest BCUT2D eigenvalue weighted by atomic mass is 79.9. The molecule has 0 radical (unpaired) electrons. The smallest absolute Gasteiger partial charge is 0.147 e. The molecule has 0 fully saturated rings. The van der Waals surface area contributed by atoms with Crippen molar-refractivity contribution in [1.29, 1.82) is 0 Å². The molecule has 0 heterocycles. The normalized spacial score (nSPS) is 10.1. The number of phenols is 1. The zero-order chi connectivity index (χ0) is 10.6. The van der Waals surface area contributed by atoms with E-state index < -0.39 is 0 Å². The van der Waals surface area contributed by atoms with Crippen LogP contribution >= 0.6 is 27.5 Å². The van der Waals surface area contributed by atoms with Gasteiger partial charge in [-0.2, -0.15) is 0 Å². The lowest BCUT2D eigenvalue weighted by molar-refractivity contribution is -0.115.